The maximum atomic E-state index is 13.3. The van der Waals surface area contributed by atoms with E-state index in [0.29, 0.717) is 37.0 Å². The first-order valence-corrected chi connectivity index (χ1v) is 11.0. The van der Waals surface area contributed by atoms with Crippen LogP contribution < -0.4 is 9.47 Å². The monoisotopic (exact) mass is 427 g/mol. The second-order valence-electron chi connectivity index (χ2n) is 6.66. The molecule has 2 heterocycles. The van der Waals surface area contributed by atoms with Crippen LogP contribution in [0.5, 0.6) is 11.5 Å². The molecule has 4 rings (SSSR count). The van der Waals surface area contributed by atoms with Crippen LogP contribution in [0.3, 0.4) is 0 Å². The quantitative estimate of drug-likeness (QED) is 0.709. The fourth-order valence-corrected chi connectivity index (χ4v) is 5.93. The normalized spacial score (nSPS) is 20.0. The maximum absolute atomic E-state index is 13.3. The van der Waals surface area contributed by atoms with Crippen molar-refractivity contribution in [3.8, 4) is 11.5 Å². The molecule has 0 aliphatic carbocycles. The highest BCUT2D eigenvalue weighted by Gasteiger charge is 2.36. The highest BCUT2D eigenvalue weighted by atomic mass is 35.5. The van der Waals surface area contributed by atoms with Gasteiger partial charge in [-0.3, -0.25) is 0 Å². The molecule has 0 bridgehead atoms. The van der Waals surface area contributed by atoms with E-state index >= 15 is 0 Å². The number of benzene rings is 2. The van der Waals surface area contributed by atoms with Crippen LogP contribution in [0.25, 0.3) is 0 Å². The molecular weight excluding hydrogens is 409 g/mol. The molecule has 2 aliphatic heterocycles. The van der Waals surface area contributed by atoms with Crippen molar-refractivity contribution in [1.82, 2.24) is 4.31 Å². The molecule has 8 heteroatoms. The maximum Gasteiger partial charge on any atom is 0.245 e. The highest BCUT2D eigenvalue weighted by Crippen LogP contribution is 2.41. The largest absolute Gasteiger partial charge is 0.490 e. The lowest BCUT2D eigenvalue weighted by molar-refractivity contribution is 0.296. The lowest BCUT2D eigenvalue weighted by atomic mass is 9.94. The standard InChI is InChI=1S/C19H19Cl2NO4S/c1-12-15-11-18-17(25-7-2-8-26-18)9-13(15)5-6-22(12)27(23,24)19-10-14(20)3-4-16(19)21/h3-4,9-12H,2,5-8H2,1H3/t12-/m0/s1. The minimum atomic E-state index is -3.79. The van der Waals surface area contributed by atoms with E-state index < -0.39 is 10.0 Å². The number of halogens is 2. The van der Waals surface area contributed by atoms with Crippen LogP contribution in [0.1, 0.15) is 30.5 Å². The zero-order valence-corrected chi connectivity index (χ0v) is 17.1. The summed E-state index contributed by atoms with van der Waals surface area (Å²) in [5, 5.41) is 0.495. The lowest BCUT2D eigenvalue weighted by Gasteiger charge is -2.35. The van der Waals surface area contributed by atoms with Crippen molar-refractivity contribution in [3.05, 3.63) is 51.5 Å². The zero-order chi connectivity index (χ0) is 19.2. The smallest absolute Gasteiger partial charge is 0.245 e. The summed E-state index contributed by atoms with van der Waals surface area (Å²) in [6, 6.07) is 8.00. The Kier molecular flexibility index (Phi) is 5.01. The van der Waals surface area contributed by atoms with Crippen LogP contribution >= 0.6 is 23.2 Å². The number of ether oxygens (including phenoxy) is 2. The predicted octanol–water partition coefficient (Wildman–Crippen LogP) is 4.46. The van der Waals surface area contributed by atoms with Crippen molar-refractivity contribution in [2.75, 3.05) is 19.8 Å². The van der Waals surface area contributed by atoms with Gasteiger partial charge in [-0.15, -0.1) is 0 Å². The van der Waals surface area contributed by atoms with E-state index in [1.165, 1.54) is 16.4 Å². The first-order valence-electron chi connectivity index (χ1n) is 8.77. The number of nitrogens with zero attached hydrogens (tertiary/aromatic N) is 1. The second kappa shape index (κ2) is 7.17. The van der Waals surface area contributed by atoms with Crippen LogP contribution in [-0.2, 0) is 16.4 Å². The molecule has 5 nitrogen and oxygen atoms in total. The number of sulfonamides is 1. The molecule has 0 unspecified atom stereocenters. The molecule has 0 amide bonds. The predicted molar refractivity (Wildman–Crippen MR) is 105 cm³/mol. The summed E-state index contributed by atoms with van der Waals surface area (Å²) in [4.78, 5) is 0.0290. The molecule has 2 aromatic rings. The molecule has 0 radical (unpaired) electrons. The Hall–Kier alpha value is -1.47. The molecule has 0 fully saturated rings. The molecule has 2 aromatic carbocycles. The molecule has 1 atom stereocenters. The SMILES string of the molecule is C[C@H]1c2cc3c(cc2CCN1S(=O)(=O)c1cc(Cl)ccc1Cl)OCCCO3. The van der Waals surface area contributed by atoms with Crippen molar-refractivity contribution in [2.45, 2.75) is 30.7 Å². The molecular formula is C19H19Cl2NO4S. The van der Waals surface area contributed by atoms with Gasteiger partial charge in [0.05, 0.1) is 18.2 Å². The van der Waals surface area contributed by atoms with Gasteiger partial charge >= 0.3 is 0 Å². The van der Waals surface area contributed by atoms with Gasteiger partial charge in [0.15, 0.2) is 11.5 Å². The minimum Gasteiger partial charge on any atom is -0.490 e. The van der Waals surface area contributed by atoms with Crippen LogP contribution in [0.15, 0.2) is 35.2 Å². The van der Waals surface area contributed by atoms with E-state index in [0.717, 1.165) is 23.3 Å². The van der Waals surface area contributed by atoms with Gasteiger partial charge < -0.3 is 9.47 Å². The minimum absolute atomic E-state index is 0.0290. The van der Waals surface area contributed by atoms with Crippen LogP contribution in [-0.4, -0.2) is 32.5 Å². The van der Waals surface area contributed by atoms with Crippen molar-refractivity contribution in [3.63, 3.8) is 0 Å². The lowest BCUT2D eigenvalue weighted by Crippen LogP contribution is -2.39. The van der Waals surface area contributed by atoms with Gasteiger partial charge in [-0.25, -0.2) is 8.42 Å². The van der Waals surface area contributed by atoms with Gasteiger partial charge in [-0.1, -0.05) is 23.2 Å². The first kappa shape index (κ1) is 18.9. The Morgan fingerprint density at radius 3 is 2.52 bits per heavy atom. The van der Waals surface area contributed by atoms with E-state index in [2.05, 4.69) is 0 Å². The highest BCUT2D eigenvalue weighted by molar-refractivity contribution is 7.89. The average molecular weight is 428 g/mol. The van der Waals surface area contributed by atoms with Gasteiger partial charge in [0, 0.05) is 24.0 Å². The van der Waals surface area contributed by atoms with Crippen LogP contribution in [0.4, 0.5) is 0 Å². The van der Waals surface area contributed by atoms with E-state index in [9.17, 15) is 8.42 Å². The van der Waals surface area contributed by atoms with E-state index in [1.54, 1.807) is 6.07 Å². The van der Waals surface area contributed by atoms with Crippen molar-refractivity contribution < 1.29 is 17.9 Å². The summed E-state index contributed by atoms with van der Waals surface area (Å²) in [5.74, 6) is 1.39. The Labute approximate surface area is 168 Å². The van der Waals surface area contributed by atoms with Gasteiger partial charge in [0.2, 0.25) is 10.0 Å². The molecule has 0 aromatic heterocycles. The Balaban J connectivity index is 1.74. The second-order valence-corrected chi connectivity index (χ2v) is 9.37. The Bertz CT molecular complexity index is 993. The third-order valence-corrected chi connectivity index (χ3v) is 7.66. The summed E-state index contributed by atoms with van der Waals surface area (Å²) in [5.41, 5.74) is 2.00. The summed E-state index contributed by atoms with van der Waals surface area (Å²) in [7, 11) is -3.79. The Morgan fingerprint density at radius 1 is 1.07 bits per heavy atom. The third kappa shape index (κ3) is 3.40. The number of rotatable bonds is 2. The van der Waals surface area contributed by atoms with Crippen molar-refractivity contribution >= 4 is 33.2 Å². The molecule has 0 saturated carbocycles. The number of hydrogen-bond donors (Lipinski definition) is 0. The van der Waals surface area contributed by atoms with E-state index in [1.807, 2.05) is 19.1 Å². The van der Waals surface area contributed by atoms with Gasteiger partial charge in [0.1, 0.15) is 4.90 Å². The summed E-state index contributed by atoms with van der Waals surface area (Å²) >= 11 is 12.2. The summed E-state index contributed by atoms with van der Waals surface area (Å²) < 4.78 is 39.5. The topological polar surface area (TPSA) is 55.8 Å². The molecule has 2 aliphatic rings. The summed E-state index contributed by atoms with van der Waals surface area (Å²) in [6.45, 7) is 3.44. The average Bonchev–Trinajstić information content (AvgIpc) is 2.87. The van der Waals surface area contributed by atoms with Crippen molar-refractivity contribution in [1.29, 1.82) is 0 Å². The molecule has 0 saturated heterocycles. The Morgan fingerprint density at radius 2 is 1.78 bits per heavy atom. The first-order chi connectivity index (χ1) is 12.9. The molecule has 0 N–H and O–H groups in total. The number of fused-ring (bicyclic) bond motifs is 2. The van der Waals surface area contributed by atoms with Gasteiger partial charge in [0.25, 0.3) is 0 Å². The van der Waals surface area contributed by atoms with Gasteiger partial charge in [-0.05, 0) is 54.8 Å². The van der Waals surface area contributed by atoms with Crippen LogP contribution in [0, 0.1) is 0 Å². The molecule has 0 spiro atoms. The zero-order valence-electron chi connectivity index (χ0n) is 14.7. The van der Waals surface area contributed by atoms with Gasteiger partial charge in [-0.2, -0.15) is 4.31 Å². The van der Waals surface area contributed by atoms with Crippen LogP contribution in [0.2, 0.25) is 10.0 Å². The summed E-state index contributed by atoms with van der Waals surface area (Å²) in [6.07, 6.45) is 1.41. The third-order valence-electron chi connectivity index (χ3n) is 4.97. The van der Waals surface area contributed by atoms with E-state index in [-0.39, 0.29) is 16.0 Å². The number of hydrogen-bond acceptors (Lipinski definition) is 4. The van der Waals surface area contributed by atoms with E-state index in [4.69, 9.17) is 32.7 Å². The van der Waals surface area contributed by atoms with Crippen molar-refractivity contribution in [2.24, 2.45) is 0 Å². The fourth-order valence-electron chi connectivity index (χ4n) is 3.58. The molecule has 144 valence electrons. The fraction of sp³-hybridized carbons (Fsp3) is 0.368. The molecule has 27 heavy (non-hydrogen) atoms.